The number of allylic oxidation sites excluding steroid dienone is 2. The summed E-state index contributed by atoms with van der Waals surface area (Å²) in [6, 6.07) is 20.2. The molecule has 2 aromatic rings. The molecule has 106 valence electrons. The average molecular weight is 274 g/mol. The van der Waals surface area contributed by atoms with Crippen LogP contribution in [0.15, 0.2) is 60.2 Å². The van der Waals surface area contributed by atoms with E-state index in [1.165, 1.54) is 55.2 Å². The van der Waals surface area contributed by atoms with Crippen molar-refractivity contribution in [3.63, 3.8) is 0 Å². The molecule has 1 atom stereocenters. The first-order chi connectivity index (χ1) is 10.4. The summed E-state index contributed by atoms with van der Waals surface area (Å²) < 4.78 is 0. The summed E-state index contributed by atoms with van der Waals surface area (Å²) in [7, 11) is 0. The lowest BCUT2D eigenvalue weighted by atomic mass is 9.85. The van der Waals surface area contributed by atoms with Gasteiger partial charge < -0.3 is 0 Å². The topological polar surface area (TPSA) is 0 Å². The number of hydrogen-bond acceptors (Lipinski definition) is 0. The number of hydrogen-bond donors (Lipinski definition) is 0. The fourth-order valence-corrected chi connectivity index (χ4v) is 4.15. The quantitative estimate of drug-likeness (QED) is 0.603. The van der Waals surface area contributed by atoms with E-state index in [1.807, 2.05) is 0 Å². The van der Waals surface area contributed by atoms with Crippen molar-refractivity contribution in [1.82, 2.24) is 0 Å². The van der Waals surface area contributed by atoms with Crippen LogP contribution in [0.4, 0.5) is 0 Å². The van der Waals surface area contributed by atoms with Crippen molar-refractivity contribution in [3.8, 4) is 0 Å². The highest BCUT2D eigenvalue weighted by Crippen LogP contribution is 2.49. The summed E-state index contributed by atoms with van der Waals surface area (Å²) in [5.74, 6) is 0.510. The monoisotopic (exact) mass is 274 g/mol. The fourth-order valence-electron chi connectivity index (χ4n) is 4.15. The fraction of sp³-hybridized carbons (Fsp3) is 0.333. The van der Waals surface area contributed by atoms with Gasteiger partial charge in [-0.15, -0.1) is 0 Å². The van der Waals surface area contributed by atoms with Crippen LogP contribution in [-0.4, -0.2) is 0 Å². The molecule has 0 nitrogen and oxygen atoms in total. The van der Waals surface area contributed by atoms with Gasteiger partial charge >= 0.3 is 0 Å². The van der Waals surface area contributed by atoms with Gasteiger partial charge in [-0.25, -0.2) is 0 Å². The highest BCUT2D eigenvalue weighted by Gasteiger charge is 2.31. The molecule has 0 amide bonds. The summed E-state index contributed by atoms with van der Waals surface area (Å²) in [5.41, 5.74) is 7.91. The van der Waals surface area contributed by atoms with E-state index in [1.54, 1.807) is 11.1 Å². The van der Waals surface area contributed by atoms with Gasteiger partial charge in [0.05, 0.1) is 0 Å². The zero-order chi connectivity index (χ0) is 14.1. The van der Waals surface area contributed by atoms with Crippen molar-refractivity contribution >= 4 is 5.57 Å². The molecule has 1 unspecified atom stereocenters. The smallest absolute Gasteiger partial charge is 0.0310 e. The second-order valence-electron chi connectivity index (χ2n) is 6.35. The van der Waals surface area contributed by atoms with Crippen molar-refractivity contribution in [2.24, 2.45) is 0 Å². The Labute approximate surface area is 127 Å². The minimum atomic E-state index is 0.510. The Morgan fingerprint density at radius 2 is 1.38 bits per heavy atom. The van der Waals surface area contributed by atoms with Crippen LogP contribution in [0, 0.1) is 0 Å². The maximum absolute atomic E-state index is 2.35. The molecule has 21 heavy (non-hydrogen) atoms. The molecule has 0 aromatic heterocycles. The molecule has 0 heterocycles. The van der Waals surface area contributed by atoms with Crippen LogP contribution in [0.25, 0.3) is 5.57 Å². The largest absolute Gasteiger partial charge is 0.0622 e. The highest BCUT2D eigenvalue weighted by molar-refractivity contribution is 5.80. The van der Waals surface area contributed by atoms with E-state index in [-0.39, 0.29) is 0 Å². The van der Waals surface area contributed by atoms with Gasteiger partial charge in [0.15, 0.2) is 0 Å². The van der Waals surface area contributed by atoms with Crippen molar-refractivity contribution in [1.29, 1.82) is 0 Å². The van der Waals surface area contributed by atoms with Gasteiger partial charge in [0, 0.05) is 5.92 Å². The Hall–Kier alpha value is -1.82. The van der Waals surface area contributed by atoms with E-state index in [0.29, 0.717) is 5.92 Å². The number of fused-ring (bicyclic) bond motifs is 2. The molecule has 2 aromatic carbocycles. The second-order valence-corrected chi connectivity index (χ2v) is 6.35. The van der Waals surface area contributed by atoms with Gasteiger partial charge in [-0.05, 0) is 47.9 Å². The van der Waals surface area contributed by atoms with Crippen LogP contribution < -0.4 is 0 Å². The molecule has 4 rings (SSSR count). The Morgan fingerprint density at radius 1 is 0.667 bits per heavy atom. The molecule has 0 N–H and O–H groups in total. The predicted octanol–water partition coefficient (Wildman–Crippen LogP) is 5.94. The zero-order valence-corrected chi connectivity index (χ0v) is 12.5. The Kier molecular flexibility index (Phi) is 3.39. The molecule has 0 heteroatoms. The molecule has 0 bridgehead atoms. The summed E-state index contributed by atoms with van der Waals surface area (Å²) in [4.78, 5) is 0. The van der Waals surface area contributed by atoms with Crippen LogP contribution in [-0.2, 0) is 0 Å². The second kappa shape index (κ2) is 5.52. The molecule has 0 fully saturated rings. The summed E-state index contributed by atoms with van der Waals surface area (Å²) in [6.45, 7) is 0. The molecule has 0 spiro atoms. The normalized spacial score (nSPS) is 21.4. The summed E-state index contributed by atoms with van der Waals surface area (Å²) in [6.07, 6.45) is 8.06. The third-order valence-corrected chi connectivity index (χ3v) is 5.09. The van der Waals surface area contributed by atoms with Gasteiger partial charge in [-0.2, -0.15) is 0 Å². The maximum Gasteiger partial charge on any atom is 0.0310 e. The van der Waals surface area contributed by atoms with Crippen LogP contribution in [0.2, 0.25) is 0 Å². The highest BCUT2D eigenvalue weighted by atomic mass is 14.3. The minimum absolute atomic E-state index is 0.510. The maximum atomic E-state index is 2.35. The zero-order valence-electron chi connectivity index (χ0n) is 12.5. The average Bonchev–Trinajstić information content (AvgIpc) is 2.81. The first-order valence-corrected chi connectivity index (χ1v) is 8.31. The van der Waals surface area contributed by atoms with E-state index in [0.717, 1.165) is 0 Å². The predicted molar refractivity (Wildman–Crippen MR) is 89.3 cm³/mol. The van der Waals surface area contributed by atoms with Crippen LogP contribution >= 0.6 is 0 Å². The molecule has 0 radical (unpaired) electrons. The van der Waals surface area contributed by atoms with E-state index in [9.17, 15) is 0 Å². The molecular formula is C21H22. The lowest BCUT2D eigenvalue weighted by Gasteiger charge is -2.19. The van der Waals surface area contributed by atoms with Crippen molar-refractivity contribution < 1.29 is 0 Å². The van der Waals surface area contributed by atoms with E-state index in [2.05, 4.69) is 54.6 Å². The Balaban J connectivity index is 1.88. The Bertz CT molecular complexity index is 663. The van der Waals surface area contributed by atoms with Crippen LogP contribution in [0.3, 0.4) is 0 Å². The van der Waals surface area contributed by atoms with Crippen molar-refractivity contribution in [2.45, 2.75) is 44.4 Å². The van der Waals surface area contributed by atoms with Gasteiger partial charge in [0.1, 0.15) is 0 Å². The third kappa shape index (κ3) is 2.23. The first kappa shape index (κ1) is 12.9. The van der Waals surface area contributed by atoms with Gasteiger partial charge in [0.2, 0.25) is 0 Å². The molecular weight excluding hydrogens is 252 g/mol. The van der Waals surface area contributed by atoms with E-state index < -0.39 is 0 Å². The standard InChI is InChI=1S/C21H22/c1-2-7-14-19-17(12-6-1)18-13-8-9-15-20(18)21(19)16-10-4-3-5-11-16/h3-5,8-11,13,15,21H,1-2,6-7,12,14H2. The SMILES string of the molecule is c1ccc(C2C3=C(CCCCCC3)c3ccccc32)cc1. The lowest BCUT2D eigenvalue weighted by molar-refractivity contribution is 0.624. The van der Waals surface area contributed by atoms with Gasteiger partial charge in [-0.1, -0.05) is 73.0 Å². The van der Waals surface area contributed by atoms with E-state index >= 15 is 0 Å². The molecule has 2 aliphatic carbocycles. The van der Waals surface area contributed by atoms with Crippen LogP contribution in [0.1, 0.15) is 61.1 Å². The number of rotatable bonds is 1. The van der Waals surface area contributed by atoms with Gasteiger partial charge in [0.25, 0.3) is 0 Å². The third-order valence-electron chi connectivity index (χ3n) is 5.09. The Morgan fingerprint density at radius 3 is 2.24 bits per heavy atom. The minimum Gasteiger partial charge on any atom is -0.0622 e. The number of benzene rings is 2. The molecule has 0 saturated carbocycles. The molecule has 2 aliphatic rings. The summed E-state index contributed by atoms with van der Waals surface area (Å²) >= 11 is 0. The van der Waals surface area contributed by atoms with E-state index in [4.69, 9.17) is 0 Å². The first-order valence-electron chi connectivity index (χ1n) is 8.31. The van der Waals surface area contributed by atoms with Crippen molar-refractivity contribution in [2.75, 3.05) is 0 Å². The molecule has 0 aliphatic heterocycles. The lowest BCUT2D eigenvalue weighted by Crippen LogP contribution is -2.02. The van der Waals surface area contributed by atoms with Crippen LogP contribution in [0.5, 0.6) is 0 Å². The van der Waals surface area contributed by atoms with Crippen molar-refractivity contribution in [3.05, 3.63) is 76.9 Å². The summed E-state index contributed by atoms with van der Waals surface area (Å²) in [5, 5.41) is 0. The molecule has 0 saturated heterocycles. The van der Waals surface area contributed by atoms with Gasteiger partial charge in [-0.3, -0.25) is 0 Å².